The average Bonchev–Trinajstić information content (AvgIpc) is 3.55. The van der Waals surface area contributed by atoms with Gasteiger partial charge in [0.1, 0.15) is 18.1 Å². The van der Waals surface area contributed by atoms with Crippen molar-refractivity contribution in [3.05, 3.63) is 99.7 Å². The summed E-state index contributed by atoms with van der Waals surface area (Å²) in [5, 5.41) is 20.6. The van der Waals surface area contributed by atoms with Crippen molar-refractivity contribution in [1.82, 2.24) is 30.7 Å². The van der Waals surface area contributed by atoms with Crippen molar-refractivity contribution in [1.29, 1.82) is 0 Å². The molecule has 38 heavy (non-hydrogen) atoms. The van der Waals surface area contributed by atoms with E-state index in [1.165, 1.54) is 6.21 Å². The Kier molecular flexibility index (Phi) is 7.29. The predicted octanol–water partition coefficient (Wildman–Crippen LogP) is 4.55. The molecule has 2 heterocycles. The van der Waals surface area contributed by atoms with Crippen LogP contribution in [0.4, 0.5) is 5.82 Å². The molecule has 3 aromatic carbocycles. The van der Waals surface area contributed by atoms with E-state index in [1.54, 1.807) is 48.5 Å². The van der Waals surface area contributed by atoms with Crippen molar-refractivity contribution in [2.45, 2.75) is 6.61 Å². The van der Waals surface area contributed by atoms with Crippen LogP contribution < -0.4 is 15.9 Å². The van der Waals surface area contributed by atoms with Crippen molar-refractivity contribution >= 4 is 41.1 Å². The average molecular weight is 549 g/mol. The summed E-state index contributed by atoms with van der Waals surface area (Å²) in [5.41, 5.74) is 10.9. The number of halogens is 2. The van der Waals surface area contributed by atoms with Crippen LogP contribution in [0.3, 0.4) is 0 Å². The Labute approximate surface area is 225 Å². The highest BCUT2D eigenvalue weighted by Crippen LogP contribution is 2.25. The molecule has 0 bridgehead atoms. The first-order valence-electron chi connectivity index (χ1n) is 11.1. The molecule has 0 saturated carbocycles. The van der Waals surface area contributed by atoms with Crippen molar-refractivity contribution in [3.8, 4) is 22.8 Å². The summed E-state index contributed by atoms with van der Waals surface area (Å²) >= 11 is 12.1. The van der Waals surface area contributed by atoms with Crippen LogP contribution in [0.5, 0.6) is 5.75 Å². The molecule has 1 amide bonds. The Bertz CT molecular complexity index is 1600. The Morgan fingerprint density at radius 2 is 1.87 bits per heavy atom. The molecule has 2 aromatic heterocycles. The minimum Gasteiger partial charge on any atom is -0.489 e. The fraction of sp³-hybridized carbons (Fsp3) is 0.0400. The van der Waals surface area contributed by atoms with E-state index in [0.29, 0.717) is 27.1 Å². The lowest BCUT2D eigenvalue weighted by Crippen LogP contribution is -2.22. The Hall–Kier alpha value is -4.74. The number of hydrazone groups is 1. The third-order valence-electron chi connectivity index (χ3n) is 5.30. The highest BCUT2D eigenvalue weighted by molar-refractivity contribution is 6.35. The molecule has 0 atom stereocenters. The first-order chi connectivity index (χ1) is 18.5. The summed E-state index contributed by atoms with van der Waals surface area (Å²) in [4.78, 5) is 13.2. The lowest BCUT2D eigenvalue weighted by molar-refractivity contribution is 0.0947. The monoisotopic (exact) mass is 548 g/mol. The second kappa shape index (κ2) is 11.1. The predicted molar refractivity (Wildman–Crippen MR) is 141 cm³/mol. The Morgan fingerprint density at radius 1 is 1.08 bits per heavy atom. The zero-order chi connectivity index (χ0) is 26.5. The Balaban J connectivity index is 1.29. The second-order valence-electron chi connectivity index (χ2n) is 7.83. The third kappa shape index (κ3) is 5.48. The van der Waals surface area contributed by atoms with Crippen LogP contribution in [0.2, 0.25) is 10.0 Å². The molecule has 0 fully saturated rings. The van der Waals surface area contributed by atoms with Gasteiger partial charge in [-0.15, -0.1) is 5.10 Å². The van der Waals surface area contributed by atoms with Crippen LogP contribution >= 0.6 is 23.2 Å². The van der Waals surface area contributed by atoms with Crippen molar-refractivity contribution < 1.29 is 14.2 Å². The van der Waals surface area contributed by atoms with E-state index in [0.717, 1.165) is 15.8 Å². The highest BCUT2D eigenvalue weighted by atomic mass is 35.5. The number of hydrogen-bond acceptors (Lipinski definition) is 9. The standard InChI is InChI=1S/C25H18Cl2N8O3/c26-18-9-8-17(20(27)12-18)14-37-19-10-6-15(7-11-19)13-29-31-25(36)22-21(16-4-2-1-3-5-16)30-34-35(22)24-23(28)32-38-33-24/h1-13H,14H2,(H2,28,32)(H,31,36)/b29-13+. The van der Waals surface area contributed by atoms with Gasteiger partial charge in [-0.1, -0.05) is 64.8 Å². The van der Waals surface area contributed by atoms with E-state index in [-0.39, 0.29) is 23.9 Å². The summed E-state index contributed by atoms with van der Waals surface area (Å²) < 4.78 is 11.6. The minimum absolute atomic E-state index is 0.0317. The summed E-state index contributed by atoms with van der Waals surface area (Å²) in [6.07, 6.45) is 1.49. The van der Waals surface area contributed by atoms with Gasteiger partial charge in [0.05, 0.1) is 6.21 Å². The van der Waals surface area contributed by atoms with Crippen LogP contribution in [0.15, 0.2) is 82.5 Å². The number of nitrogens with two attached hydrogens (primary N) is 1. The molecule has 3 N–H and O–H groups in total. The molecule has 0 radical (unpaired) electrons. The molecule has 5 rings (SSSR count). The first-order valence-corrected chi connectivity index (χ1v) is 11.8. The maximum absolute atomic E-state index is 13.2. The lowest BCUT2D eigenvalue weighted by Gasteiger charge is -2.08. The Morgan fingerprint density at radius 3 is 2.58 bits per heavy atom. The van der Waals surface area contributed by atoms with Crippen LogP contribution in [0.25, 0.3) is 17.1 Å². The molecule has 0 unspecified atom stereocenters. The topological polar surface area (TPSA) is 146 Å². The number of nitrogen functional groups attached to an aromatic ring is 1. The maximum Gasteiger partial charge on any atom is 0.292 e. The number of aromatic nitrogens is 5. The number of hydrogen-bond donors (Lipinski definition) is 2. The molecular weight excluding hydrogens is 531 g/mol. The lowest BCUT2D eigenvalue weighted by atomic mass is 10.1. The van der Waals surface area contributed by atoms with Crippen molar-refractivity contribution in [3.63, 3.8) is 0 Å². The van der Waals surface area contributed by atoms with Crippen LogP contribution in [0.1, 0.15) is 21.6 Å². The van der Waals surface area contributed by atoms with Gasteiger partial charge < -0.3 is 10.5 Å². The van der Waals surface area contributed by atoms with Gasteiger partial charge in [-0.2, -0.15) is 9.78 Å². The zero-order valence-electron chi connectivity index (χ0n) is 19.5. The fourth-order valence-corrected chi connectivity index (χ4v) is 3.89. The number of amides is 1. The summed E-state index contributed by atoms with van der Waals surface area (Å²) in [6, 6.07) is 21.4. The van der Waals surface area contributed by atoms with E-state index < -0.39 is 5.91 Å². The maximum atomic E-state index is 13.2. The van der Waals surface area contributed by atoms with E-state index in [4.69, 9.17) is 33.7 Å². The van der Waals surface area contributed by atoms with E-state index in [1.807, 2.05) is 24.3 Å². The molecule has 13 heteroatoms. The summed E-state index contributed by atoms with van der Waals surface area (Å²) in [5.74, 6) is 0.0304. The number of anilines is 1. The van der Waals surface area contributed by atoms with Gasteiger partial charge in [-0.3, -0.25) is 4.79 Å². The SMILES string of the molecule is Nc1nonc1-n1nnc(-c2ccccc2)c1C(=O)N/N=C/c1ccc(OCc2ccc(Cl)cc2Cl)cc1. The molecule has 0 aliphatic carbocycles. The largest absolute Gasteiger partial charge is 0.489 e. The number of ether oxygens (including phenoxy) is 1. The van der Waals surface area contributed by atoms with Gasteiger partial charge in [0.2, 0.25) is 11.6 Å². The van der Waals surface area contributed by atoms with Crippen molar-refractivity contribution in [2.24, 2.45) is 5.10 Å². The van der Waals surface area contributed by atoms with E-state index in [2.05, 4.69) is 35.8 Å². The molecule has 5 aromatic rings. The number of carbonyl (C=O) groups is 1. The normalized spacial score (nSPS) is 11.1. The van der Waals surface area contributed by atoms with Gasteiger partial charge in [-0.25, -0.2) is 10.1 Å². The first kappa shape index (κ1) is 24.9. The van der Waals surface area contributed by atoms with Gasteiger partial charge >= 0.3 is 0 Å². The molecule has 0 aliphatic heterocycles. The third-order valence-corrected chi connectivity index (χ3v) is 5.88. The quantitative estimate of drug-likeness (QED) is 0.212. The van der Waals surface area contributed by atoms with Gasteiger partial charge in [0, 0.05) is 21.2 Å². The molecule has 0 spiro atoms. The molecule has 0 saturated heterocycles. The van der Waals surface area contributed by atoms with Gasteiger partial charge in [0.15, 0.2) is 5.69 Å². The van der Waals surface area contributed by atoms with Crippen LogP contribution in [0, 0.1) is 0 Å². The smallest absolute Gasteiger partial charge is 0.292 e. The highest BCUT2D eigenvalue weighted by Gasteiger charge is 2.25. The number of nitrogens with zero attached hydrogens (tertiary/aromatic N) is 6. The van der Waals surface area contributed by atoms with Gasteiger partial charge in [0.25, 0.3) is 5.91 Å². The van der Waals surface area contributed by atoms with Gasteiger partial charge in [-0.05, 0) is 52.3 Å². The van der Waals surface area contributed by atoms with E-state index >= 15 is 0 Å². The van der Waals surface area contributed by atoms with E-state index in [9.17, 15) is 4.79 Å². The summed E-state index contributed by atoms with van der Waals surface area (Å²) in [7, 11) is 0. The molecule has 190 valence electrons. The zero-order valence-corrected chi connectivity index (χ0v) is 21.0. The summed E-state index contributed by atoms with van der Waals surface area (Å²) in [6.45, 7) is 0.288. The number of rotatable bonds is 8. The van der Waals surface area contributed by atoms with Crippen LogP contribution in [-0.2, 0) is 6.61 Å². The molecular formula is C25H18Cl2N8O3. The molecule has 0 aliphatic rings. The molecule has 11 nitrogen and oxygen atoms in total. The minimum atomic E-state index is -0.590. The van der Waals surface area contributed by atoms with Crippen molar-refractivity contribution in [2.75, 3.05) is 5.73 Å². The number of benzene rings is 3. The fourth-order valence-electron chi connectivity index (χ4n) is 3.43. The van der Waals surface area contributed by atoms with Crippen LogP contribution in [-0.4, -0.2) is 37.4 Å². The number of carbonyl (C=O) groups excluding carboxylic acids is 1. The second-order valence-corrected chi connectivity index (χ2v) is 8.67. The number of nitrogens with one attached hydrogen (secondary N) is 1.